The number of hydrogen-bond donors (Lipinski definition) is 3. The summed E-state index contributed by atoms with van der Waals surface area (Å²) in [6.07, 6.45) is 4.65. The van der Waals surface area contributed by atoms with Crippen molar-refractivity contribution in [3.63, 3.8) is 0 Å². The number of aryl methyl sites for hydroxylation is 1. The molecule has 0 aliphatic heterocycles. The molecule has 0 fully saturated rings. The molecule has 2 rings (SSSR count). The van der Waals surface area contributed by atoms with Gasteiger partial charge in [0.15, 0.2) is 0 Å². The van der Waals surface area contributed by atoms with Crippen LogP contribution in [0.15, 0.2) is 30.5 Å². The van der Waals surface area contributed by atoms with E-state index in [1.54, 1.807) is 0 Å². The van der Waals surface area contributed by atoms with Crippen LogP contribution >= 0.6 is 0 Å². The van der Waals surface area contributed by atoms with Gasteiger partial charge in [-0.2, -0.15) is 0 Å². The Bertz CT molecular complexity index is 588. The zero-order valence-corrected chi connectivity index (χ0v) is 12.9. The van der Waals surface area contributed by atoms with E-state index < -0.39 is 6.04 Å². The molecule has 1 atom stereocenters. The van der Waals surface area contributed by atoms with E-state index in [1.165, 1.54) is 10.9 Å². The van der Waals surface area contributed by atoms with Gasteiger partial charge in [0.1, 0.15) is 0 Å². The third-order valence-corrected chi connectivity index (χ3v) is 3.66. The number of nitrogens with one attached hydrogen (secondary N) is 2. The SMILES string of the molecule is CC(C)C[C@H](N)C(=O)NCCCc1c[nH]c2ccccc12. The number of fused-ring (bicyclic) bond motifs is 1. The number of para-hydroxylation sites is 1. The highest BCUT2D eigenvalue weighted by atomic mass is 16.2. The van der Waals surface area contributed by atoms with E-state index in [0.717, 1.165) is 24.8 Å². The van der Waals surface area contributed by atoms with Crippen LogP contribution < -0.4 is 11.1 Å². The Morgan fingerprint density at radius 1 is 1.33 bits per heavy atom. The summed E-state index contributed by atoms with van der Waals surface area (Å²) in [5, 5.41) is 4.19. The monoisotopic (exact) mass is 287 g/mol. The average Bonchev–Trinajstić information content (AvgIpc) is 2.86. The van der Waals surface area contributed by atoms with Gasteiger partial charge < -0.3 is 16.0 Å². The maximum atomic E-state index is 11.8. The number of carbonyl (C=O) groups excluding carboxylic acids is 1. The van der Waals surface area contributed by atoms with Crippen LogP contribution in [-0.4, -0.2) is 23.5 Å². The van der Waals surface area contributed by atoms with Crippen LogP contribution in [0.2, 0.25) is 0 Å². The van der Waals surface area contributed by atoms with Crippen molar-refractivity contribution in [3.05, 3.63) is 36.0 Å². The number of aromatic amines is 1. The lowest BCUT2D eigenvalue weighted by Crippen LogP contribution is -2.41. The first-order valence-corrected chi connectivity index (χ1v) is 7.66. The Kier molecular flexibility index (Phi) is 5.39. The number of benzene rings is 1. The number of H-pyrrole nitrogens is 1. The van der Waals surface area contributed by atoms with E-state index in [1.807, 2.05) is 12.1 Å². The first-order chi connectivity index (χ1) is 10.1. The molecule has 4 N–H and O–H groups in total. The molecule has 2 aromatic rings. The Balaban J connectivity index is 1.76. The van der Waals surface area contributed by atoms with E-state index in [4.69, 9.17) is 5.73 Å². The first kappa shape index (κ1) is 15.6. The summed E-state index contributed by atoms with van der Waals surface area (Å²) < 4.78 is 0. The lowest BCUT2D eigenvalue weighted by molar-refractivity contribution is -0.122. The topological polar surface area (TPSA) is 70.9 Å². The molecule has 114 valence electrons. The summed E-state index contributed by atoms with van der Waals surface area (Å²) in [6.45, 7) is 4.82. The second-order valence-electron chi connectivity index (χ2n) is 5.99. The first-order valence-electron chi connectivity index (χ1n) is 7.66. The van der Waals surface area contributed by atoms with Crippen molar-refractivity contribution < 1.29 is 4.79 Å². The molecular weight excluding hydrogens is 262 g/mol. The molecule has 1 aromatic heterocycles. The van der Waals surface area contributed by atoms with Crippen LogP contribution in [0.1, 0.15) is 32.3 Å². The Labute approximate surface area is 126 Å². The van der Waals surface area contributed by atoms with E-state index in [2.05, 4.69) is 42.5 Å². The molecule has 0 aliphatic carbocycles. The number of amides is 1. The summed E-state index contributed by atoms with van der Waals surface area (Å²) in [4.78, 5) is 15.1. The van der Waals surface area contributed by atoms with Gasteiger partial charge in [0.2, 0.25) is 5.91 Å². The third-order valence-electron chi connectivity index (χ3n) is 3.66. The highest BCUT2D eigenvalue weighted by molar-refractivity contribution is 5.83. The standard InChI is InChI=1S/C17H25N3O/c1-12(2)10-15(18)17(21)19-9-5-6-13-11-20-16-8-4-3-7-14(13)16/h3-4,7-8,11-12,15,20H,5-6,9-10,18H2,1-2H3,(H,19,21)/t15-/m0/s1. The molecule has 21 heavy (non-hydrogen) atoms. The van der Waals surface area contributed by atoms with E-state index >= 15 is 0 Å². The maximum absolute atomic E-state index is 11.8. The highest BCUT2D eigenvalue weighted by Gasteiger charge is 2.14. The minimum absolute atomic E-state index is 0.0392. The Morgan fingerprint density at radius 2 is 2.10 bits per heavy atom. The van der Waals surface area contributed by atoms with E-state index in [-0.39, 0.29) is 5.91 Å². The zero-order chi connectivity index (χ0) is 15.2. The van der Waals surface area contributed by atoms with Crippen molar-refractivity contribution in [1.29, 1.82) is 0 Å². The Morgan fingerprint density at radius 3 is 2.86 bits per heavy atom. The molecular formula is C17H25N3O. The van der Waals surface area contributed by atoms with Crippen molar-refractivity contribution in [2.24, 2.45) is 11.7 Å². The molecule has 1 aromatic carbocycles. The lowest BCUT2D eigenvalue weighted by atomic mass is 10.0. The van der Waals surface area contributed by atoms with Crippen molar-refractivity contribution in [2.45, 2.75) is 39.2 Å². The molecule has 0 unspecified atom stereocenters. The van der Waals surface area contributed by atoms with Crippen molar-refractivity contribution in [2.75, 3.05) is 6.54 Å². The molecule has 0 saturated heterocycles. The molecule has 1 heterocycles. The quantitative estimate of drug-likeness (QED) is 0.685. The van der Waals surface area contributed by atoms with Gasteiger partial charge in [0.25, 0.3) is 0 Å². The smallest absolute Gasteiger partial charge is 0.236 e. The largest absolute Gasteiger partial charge is 0.361 e. The van der Waals surface area contributed by atoms with Crippen molar-refractivity contribution in [1.82, 2.24) is 10.3 Å². The summed E-state index contributed by atoms with van der Waals surface area (Å²) in [5.74, 6) is 0.402. The average molecular weight is 287 g/mol. The predicted octanol–water partition coefficient (Wildman–Crippen LogP) is 2.59. The zero-order valence-electron chi connectivity index (χ0n) is 12.9. The highest BCUT2D eigenvalue weighted by Crippen LogP contribution is 2.18. The summed E-state index contributed by atoms with van der Waals surface area (Å²) in [6, 6.07) is 7.88. The minimum atomic E-state index is -0.391. The molecule has 4 nitrogen and oxygen atoms in total. The minimum Gasteiger partial charge on any atom is -0.361 e. The van der Waals surface area contributed by atoms with Gasteiger partial charge in [-0.15, -0.1) is 0 Å². The number of nitrogens with two attached hydrogens (primary N) is 1. The van der Waals surface area contributed by atoms with Gasteiger partial charge in [-0.25, -0.2) is 0 Å². The Hall–Kier alpha value is -1.81. The maximum Gasteiger partial charge on any atom is 0.236 e. The number of rotatable bonds is 7. The molecule has 1 amide bonds. The summed E-state index contributed by atoms with van der Waals surface area (Å²) >= 11 is 0. The van der Waals surface area contributed by atoms with Gasteiger partial charge in [-0.3, -0.25) is 4.79 Å². The van der Waals surface area contributed by atoms with Crippen LogP contribution in [0.3, 0.4) is 0 Å². The van der Waals surface area contributed by atoms with Crippen molar-refractivity contribution in [3.8, 4) is 0 Å². The number of hydrogen-bond acceptors (Lipinski definition) is 2. The molecule has 0 aliphatic rings. The van der Waals surface area contributed by atoms with Crippen LogP contribution in [-0.2, 0) is 11.2 Å². The van der Waals surface area contributed by atoms with E-state index in [9.17, 15) is 4.79 Å². The molecule has 0 bridgehead atoms. The van der Waals surface area contributed by atoms with Gasteiger partial charge in [-0.1, -0.05) is 32.0 Å². The normalized spacial score (nSPS) is 12.8. The fraction of sp³-hybridized carbons (Fsp3) is 0.471. The predicted molar refractivity (Wildman–Crippen MR) is 87.1 cm³/mol. The second kappa shape index (κ2) is 7.27. The molecule has 0 spiro atoms. The van der Waals surface area contributed by atoms with Gasteiger partial charge in [0, 0.05) is 23.6 Å². The molecule has 0 saturated carbocycles. The van der Waals surface area contributed by atoms with Gasteiger partial charge in [-0.05, 0) is 36.8 Å². The summed E-state index contributed by atoms with van der Waals surface area (Å²) in [5.41, 5.74) is 8.31. The number of aromatic nitrogens is 1. The van der Waals surface area contributed by atoms with Gasteiger partial charge in [0.05, 0.1) is 6.04 Å². The van der Waals surface area contributed by atoms with Crippen LogP contribution in [0.25, 0.3) is 10.9 Å². The fourth-order valence-electron chi connectivity index (χ4n) is 2.57. The second-order valence-corrected chi connectivity index (χ2v) is 5.99. The number of carbonyl (C=O) groups is 1. The summed E-state index contributed by atoms with van der Waals surface area (Å²) in [7, 11) is 0. The van der Waals surface area contributed by atoms with Crippen LogP contribution in [0, 0.1) is 5.92 Å². The van der Waals surface area contributed by atoms with Crippen molar-refractivity contribution >= 4 is 16.8 Å². The third kappa shape index (κ3) is 4.33. The van der Waals surface area contributed by atoms with Gasteiger partial charge >= 0.3 is 0 Å². The lowest BCUT2D eigenvalue weighted by Gasteiger charge is -2.13. The van der Waals surface area contributed by atoms with Crippen LogP contribution in [0.4, 0.5) is 0 Å². The molecule has 4 heteroatoms. The fourth-order valence-corrected chi connectivity index (χ4v) is 2.57. The molecule has 0 radical (unpaired) electrons. The van der Waals surface area contributed by atoms with Crippen LogP contribution in [0.5, 0.6) is 0 Å². The van der Waals surface area contributed by atoms with E-state index in [0.29, 0.717) is 12.5 Å².